The zero-order chi connectivity index (χ0) is 23.7. The molecule has 0 spiro atoms. The summed E-state index contributed by atoms with van der Waals surface area (Å²) in [6, 6.07) is 5.66. The molecule has 0 aromatic heterocycles. The molecule has 2 N–H and O–H groups in total. The third kappa shape index (κ3) is 9.39. The van der Waals surface area contributed by atoms with E-state index in [-0.39, 0.29) is 6.42 Å². The van der Waals surface area contributed by atoms with Crippen LogP contribution < -0.4 is 5.32 Å². The number of anilines is 1. The summed E-state index contributed by atoms with van der Waals surface area (Å²) in [5.74, 6) is 0.391. The van der Waals surface area contributed by atoms with Crippen LogP contribution in [0.5, 0.6) is 0 Å². The van der Waals surface area contributed by atoms with E-state index < -0.39 is 23.6 Å². The summed E-state index contributed by atoms with van der Waals surface area (Å²) in [7, 11) is 0. The molecule has 0 aliphatic heterocycles. The van der Waals surface area contributed by atoms with Crippen LogP contribution in [0.15, 0.2) is 59.7 Å². The third-order valence-corrected chi connectivity index (χ3v) is 5.88. The number of amides is 1. The van der Waals surface area contributed by atoms with E-state index in [0.29, 0.717) is 17.5 Å². The zero-order valence-corrected chi connectivity index (χ0v) is 20.0. The van der Waals surface area contributed by atoms with Gasteiger partial charge in [-0.3, -0.25) is 5.32 Å². The molecule has 32 heavy (non-hydrogen) atoms. The van der Waals surface area contributed by atoms with Crippen molar-refractivity contribution in [3.63, 3.8) is 0 Å². The van der Waals surface area contributed by atoms with Gasteiger partial charge in [-0.25, -0.2) is 9.18 Å². The molecule has 0 heterocycles. The minimum absolute atomic E-state index is 0.233. The molecule has 0 saturated heterocycles. The predicted octanol–water partition coefficient (Wildman–Crippen LogP) is 7.18. The molecule has 4 nitrogen and oxygen atoms in total. The lowest BCUT2D eigenvalue weighted by Crippen LogP contribution is -2.31. The molecule has 3 atom stereocenters. The molecular weight excluding hydrogens is 405 g/mol. The molecule has 0 fully saturated rings. The molecule has 0 unspecified atom stereocenters. The molecule has 2 rings (SSSR count). The third-order valence-electron chi connectivity index (χ3n) is 5.88. The van der Waals surface area contributed by atoms with Crippen LogP contribution in [-0.4, -0.2) is 22.9 Å². The first-order valence-electron chi connectivity index (χ1n) is 11.5. The first kappa shape index (κ1) is 25.9. The van der Waals surface area contributed by atoms with Gasteiger partial charge in [0.2, 0.25) is 0 Å². The number of ether oxygens (including phenoxy) is 1. The van der Waals surface area contributed by atoms with Crippen LogP contribution in [0, 0.1) is 17.7 Å². The van der Waals surface area contributed by atoms with Crippen molar-refractivity contribution in [2.45, 2.75) is 78.4 Å². The summed E-state index contributed by atoms with van der Waals surface area (Å²) >= 11 is 0. The second kappa shape index (κ2) is 12.0. The van der Waals surface area contributed by atoms with Crippen LogP contribution in [0.4, 0.5) is 14.9 Å². The van der Waals surface area contributed by atoms with Crippen molar-refractivity contribution in [1.82, 2.24) is 0 Å². The highest BCUT2D eigenvalue weighted by atomic mass is 19.1. The number of nitrogens with one attached hydrogen (secondary N) is 1. The van der Waals surface area contributed by atoms with Crippen LogP contribution in [0.1, 0.15) is 66.7 Å². The average molecular weight is 444 g/mol. The number of benzene rings is 1. The van der Waals surface area contributed by atoms with Crippen molar-refractivity contribution in [2.75, 3.05) is 5.32 Å². The minimum Gasteiger partial charge on any atom is -0.442 e. The Morgan fingerprint density at radius 3 is 2.69 bits per heavy atom. The molecule has 1 aliphatic carbocycles. The normalized spacial score (nSPS) is 29.8. The van der Waals surface area contributed by atoms with E-state index >= 15 is 0 Å². The number of allylic oxidation sites excluding steroid dienone is 4. The van der Waals surface area contributed by atoms with Gasteiger partial charge in [0.05, 0.1) is 5.60 Å². The number of halogens is 1. The van der Waals surface area contributed by atoms with Crippen LogP contribution in [0.2, 0.25) is 0 Å². The van der Waals surface area contributed by atoms with Gasteiger partial charge in [-0.1, -0.05) is 49.3 Å². The van der Waals surface area contributed by atoms with Crippen LogP contribution >= 0.6 is 0 Å². The highest BCUT2D eigenvalue weighted by Gasteiger charge is 2.25. The van der Waals surface area contributed by atoms with E-state index in [4.69, 9.17) is 4.74 Å². The maximum Gasteiger partial charge on any atom is 0.412 e. The van der Waals surface area contributed by atoms with E-state index in [2.05, 4.69) is 38.2 Å². The quantitative estimate of drug-likeness (QED) is 0.487. The summed E-state index contributed by atoms with van der Waals surface area (Å²) in [4.78, 5) is 12.5. The molecule has 0 radical (unpaired) electrons. The van der Waals surface area contributed by atoms with Crippen molar-refractivity contribution < 1.29 is 19.0 Å². The van der Waals surface area contributed by atoms with Gasteiger partial charge in [0.1, 0.15) is 11.9 Å². The molecule has 1 amide bonds. The number of carbonyl (C=O) groups is 1. The zero-order valence-electron chi connectivity index (χ0n) is 20.0. The fourth-order valence-corrected chi connectivity index (χ4v) is 3.89. The maximum atomic E-state index is 13.4. The standard InChI is InChI=1S/C27H38FNO3/c1-19(2)22-13-12-20(3)8-6-9-21(4)16-25(18-27(5,31)15-14-22)32-26(30)29-24-11-7-10-23(28)17-24/h7-8,10-11,14-17,19,22,25,31H,6,9,12-13,18H2,1-5H3,(H,29,30)/b15-14+,20-8+,21-16+/t22-,25+,27-/m1/s1. The van der Waals surface area contributed by atoms with Crippen LogP contribution in [-0.2, 0) is 4.74 Å². The van der Waals surface area contributed by atoms with Gasteiger partial charge < -0.3 is 9.84 Å². The number of hydrogen-bond donors (Lipinski definition) is 2. The summed E-state index contributed by atoms with van der Waals surface area (Å²) in [6.07, 6.45) is 10.9. The summed E-state index contributed by atoms with van der Waals surface area (Å²) in [5.41, 5.74) is 1.66. The highest BCUT2D eigenvalue weighted by Crippen LogP contribution is 2.26. The van der Waals surface area contributed by atoms with Crippen molar-refractivity contribution in [3.8, 4) is 0 Å². The van der Waals surface area contributed by atoms with E-state index in [1.807, 2.05) is 19.1 Å². The maximum absolute atomic E-state index is 13.4. The Kier molecular flexibility index (Phi) is 9.70. The molecule has 0 bridgehead atoms. The van der Waals surface area contributed by atoms with Gasteiger partial charge in [0.15, 0.2) is 0 Å². The Labute approximate surface area is 192 Å². The van der Waals surface area contributed by atoms with Crippen molar-refractivity contribution in [3.05, 3.63) is 65.5 Å². The van der Waals surface area contributed by atoms with Crippen molar-refractivity contribution in [2.24, 2.45) is 11.8 Å². The van der Waals surface area contributed by atoms with Gasteiger partial charge >= 0.3 is 6.09 Å². The van der Waals surface area contributed by atoms with Gasteiger partial charge in [-0.05, 0) is 82.6 Å². The summed E-state index contributed by atoms with van der Waals surface area (Å²) < 4.78 is 19.1. The van der Waals surface area contributed by atoms with E-state index in [1.54, 1.807) is 13.0 Å². The second-order valence-electron chi connectivity index (χ2n) is 9.55. The Bertz CT molecular complexity index is 854. The molecule has 176 valence electrons. The Morgan fingerprint density at radius 1 is 1.25 bits per heavy atom. The molecular formula is C27H38FNO3. The molecule has 1 aromatic rings. The molecule has 5 heteroatoms. The smallest absolute Gasteiger partial charge is 0.412 e. The monoisotopic (exact) mass is 443 g/mol. The lowest BCUT2D eigenvalue weighted by Gasteiger charge is -2.26. The van der Waals surface area contributed by atoms with Gasteiger partial charge in [-0.15, -0.1) is 0 Å². The topological polar surface area (TPSA) is 58.6 Å². The largest absolute Gasteiger partial charge is 0.442 e. The van der Waals surface area contributed by atoms with E-state index in [0.717, 1.165) is 31.3 Å². The van der Waals surface area contributed by atoms with E-state index in [1.165, 1.54) is 23.8 Å². The minimum atomic E-state index is -1.14. The number of hydrogen-bond acceptors (Lipinski definition) is 3. The predicted molar refractivity (Wildman–Crippen MR) is 129 cm³/mol. The highest BCUT2D eigenvalue weighted by molar-refractivity contribution is 5.84. The fourth-order valence-electron chi connectivity index (χ4n) is 3.89. The Balaban J connectivity index is 2.22. The lowest BCUT2D eigenvalue weighted by atomic mass is 9.86. The summed E-state index contributed by atoms with van der Waals surface area (Å²) in [6.45, 7) is 10.3. The second-order valence-corrected chi connectivity index (χ2v) is 9.55. The van der Waals surface area contributed by atoms with Gasteiger partial charge in [0, 0.05) is 12.1 Å². The van der Waals surface area contributed by atoms with Gasteiger partial charge in [0.25, 0.3) is 0 Å². The molecule has 1 aliphatic rings. The molecule has 1 aromatic carbocycles. The van der Waals surface area contributed by atoms with E-state index in [9.17, 15) is 14.3 Å². The number of aliphatic hydroxyl groups is 1. The Hall–Kier alpha value is -2.40. The number of carbonyl (C=O) groups excluding carboxylic acids is 1. The van der Waals surface area contributed by atoms with Crippen LogP contribution in [0.3, 0.4) is 0 Å². The van der Waals surface area contributed by atoms with Crippen LogP contribution in [0.25, 0.3) is 0 Å². The Morgan fingerprint density at radius 2 is 2.00 bits per heavy atom. The fraction of sp³-hybridized carbons (Fsp3) is 0.519. The number of rotatable bonds is 3. The summed E-state index contributed by atoms with van der Waals surface area (Å²) in [5, 5.41) is 13.6. The van der Waals surface area contributed by atoms with Gasteiger partial charge in [-0.2, -0.15) is 0 Å². The molecule has 0 saturated carbocycles. The first-order chi connectivity index (χ1) is 15.0. The first-order valence-corrected chi connectivity index (χ1v) is 11.5. The lowest BCUT2D eigenvalue weighted by molar-refractivity contribution is 0.0471. The SMILES string of the molecule is C/C1=C\[C@H](OC(=O)Nc2cccc(F)c2)C[C@](C)(O)/C=C/[C@H](C(C)C)CC/C(C)=C/CC1. The van der Waals surface area contributed by atoms with Crippen molar-refractivity contribution in [1.29, 1.82) is 0 Å². The van der Waals surface area contributed by atoms with Crippen molar-refractivity contribution >= 4 is 11.8 Å². The average Bonchev–Trinajstić information content (AvgIpc) is 2.66.